The summed E-state index contributed by atoms with van der Waals surface area (Å²) >= 11 is 0. The maximum Gasteiger partial charge on any atom is 0.260 e. The fourth-order valence-corrected chi connectivity index (χ4v) is 0.965. The molecule has 0 atom stereocenters. The standard InChI is InChI=1S/C7H9N7/c8-7-11-12-13-14(7)10-5-6-3-1-2-4-9-6/h1-4,10H,5H2,(H2,8,11,13). The van der Waals surface area contributed by atoms with Gasteiger partial charge in [0.1, 0.15) is 0 Å². The Hall–Kier alpha value is -2.18. The fourth-order valence-electron chi connectivity index (χ4n) is 0.965. The van der Waals surface area contributed by atoms with Crippen LogP contribution in [0.3, 0.4) is 0 Å². The second-order valence-electron chi connectivity index (χ2n) is 2.60. The van der Waals surface area contributed by atoms with Crippen LogP contribution in [0.2, 0.25) is 0 Å². The topological polar surface area (TPSA) is 94.5 Å². The Morgan fingerprint density at radius 3 is 3.00 bits per heavy atom. The van der Waals surface area contributed by atoms with Crippen molar-refractivity contribution >= 4 is 5.95 Å². The zero-order chi connectivity index (χ0) is 9.80. The molecule has 0 aliphatic carbocycles. The number of tetrazole rings is 1. The van der Waals surface area contributed by atoms with Crippen molar-refractivity contribution in [2.45, 2.75) is 6.54 Å². The summed E-state index contributed by atoms with van der Waals surface area (Å²) in [5.41, 5.74) is 9.24. The maximum absolute atomic E-state index is 5.45. The van der Waals surface area contributed by atoms with E-state index < -0.39 is 0 Å². The lowest BCUT2D eigenvalue weighted by molar-refractivity contribution is 0.688. The minimum Gasteiger partial charge on any atom is -0.365 e. The molecule has 0 aliphatic rings. The Labute approximate surface area is 79.9 Å². The average molecular weight is 191 g/mol. The van der Waals surface area contributed by atoms with Gasteiger partial charge < -0.3 is 5.73 Å². The molecular weight excluding hydrogens is 182 g/mol. The average Bonchev–Trinajstić information content (AvgIpc) is 2.63. The van der Waals surface area contributed by atoms with Gasteiger partial charge in [0.25, 0.3) is 5.95 Å². The van der Waals surface area contributed by atoms with E-state index in [1.165, 1.54) is 4.79 Å². The molecule has 0 spiro atoms. The van der Waals surface area contributed by atoms with Crippen molar-refractivity contribution in [2.24, 2.45) is 0 Å². The lowest BCUT2D eigenvalue weighted by Gasteiger charge is -2.04. The highest BCUT2D eigenvalue weighted by atomic mass is 15.7. The van der Waals surface area contributed by atoms with Crippen LogP contribution < -0.4 is 11.2 Å². The van der Waals surface area contributed by atoms with Crippen molar-refractivity contribution in [3.05, 3.63) is 30.1 Å². The Balaban J connectivity index is 1.99. The molecule has 0 radical (unpaired) electrons. The number of nitrogens with two attached hydrogens (primary N) is 1. The van der Waals surface area contributed by atoms with Gasteiger partial charge in [-0.15, -0.1) is 4.79 Å². The lowest BCUT2D eigenvalue weighted by atomic mass is 10.4. The molecule has 2 rings (SSSR count). The number of nitrogens with one attached hydrogen (secondary N) is 1. The van der Waals surface area contributed by atoms with Crippen LogP contribution in [-0.4, -0.2) is 25.3 Å². The molecule has 2 aromatic rings. The number of anilines is 1. The van der Waals surface area contributed by atoms with E-state index in [-0.39, 0.29) is 5.95 Å². The second kappa shape index (κ2) is 3.69. The van der Waals surface area contributed by atoms with Crippen LogP contribution >= 0.6 is 0 Å². The van der Waals surface area contributed by atoms with Crippen LogP contribution in [0.25, 0.3) is 0 Å². The first-order valence-corrected chi connectivity index (χ1v) is 4.04. The summed E-state index contributed by atoms with van der Waals surface area (Å²) < 4.78 is 0. The molecule has 2 aromatic heterocycles. The molecule has 0 saturated heterocycles. The highest BCUT2D eigenvalue weighted by Gasteiger charge is 1.99. The largest absolute Gasteiger partial charge is 0.365 e. The Morgan fingerprint density at radius 2 is 2.36 bits per heavy atom. The van der Waals surface area contributed by atoms with Crippen LogP contribution in [0.1, 0.15) is 5.69 Å². The first-order chi connectivity index (χ1) is 6.86. The fraction of sp³-hybridized carbons (Fsp3) is 0.143. The highest BCUT2D eigenvalue weighted by molar-refractivity contribution is 5.13. The number of hydrogen-bond donors (Lipinski definition) is 2. The number of hydrogen-bond acceptors (Lipinski definition) is 6. The molecule has 72 valence electrons. The van der Waals surface area contributed by atoms with E-state index in [9.17, 15) is 0 Å². The highest BCUT2D eigenvalue weighted by Crippen LogP contribution is 1.94. The molecule has 0 aromatic carbocycles. The third kappa shape index (κ3) is 1.76. The number of pyridine rings is 1. The van der Waals surface area contributed by atoms with E-state index in [2.05, 4.69) is 25.9 Å². The van der Waals surface area contributed by atoms with Crippen molar-refractivity contribution in [2.75, 3.05) is 11.2 Å². The van der Waals surface area contributed by atoms with Crippen molar-refractivity contribution in [3.8, 4) is 0 Å². The summed E-state index contributed by atoms with van der Waals surface area (Å²) in [5, 5.41) is 10.5. The maximum atomic E-state index is 5.45. The molecular formula is C7H9N7. The summed E-state index contributed by atoms with van der Waals surface area (Å²) in [7, 11) is 0. The van der Waals surface area contributed by atoms with E-state index in [1.807, 2.05) is 18.2 Å². The monoisotopic (exact) mass is 191 g/mol. The predicted octanol–water partition coefficient (Wildman–Crippen LogP) is -0.606. The molecule has 7 nitrogen and oxygen atoms in total. The zero-order valence-electron chi connectivity index (χ0n) is 7.33. The molecule has 0 unspecified atom stereocenters. The van der Waals surface area contributed by atoms with Gasteiger partial charge in [0.05, 0.1) is 12.2 Å². The van der Waals surface area contributed by atoms with Gasteiger partial charge in [0, 0.05) is 6.20 Å². The molecule has 0 bridgehead atoms. The van der Waals surface area contributed by atoms with E-state index in [4.69, 9.17) is 5.73 Å². The summed E-state index contributed by atoms with van der Waals surface area (Å²) in [5.74, 6) is 0.223. The van der Waals surface area contributed by atoms with Crippen molar-refractivity contribution < 1.29 is 0 Å². The van der Waals surface area contributed by atoms with Crippen LogP contribution in [0.5, 0.6) is 0 Å². The quantitative estimate of drug-likeness (QED) is 0.672. The SMILES string of the molecule is Nc1nnnn1NCc1ccccn1. The number of aromatic nitrogens is 5. The Morgan fingerprint density at radius 1 is 1.43 bits per heavy atom. The molecule has 3 N–H and O–H groups in total. The van der Waals surface area contributed by atoms with Gasteiger partial charge in [-0.25, -0.2) is 0 Å². The normalized spacial score (nSPS) is 10.0. The van der Waals surface area contributed by atoms with Crippen LogP contribution in [-0.2, 0) is 6.54 Å². The molecule has 0 fully saturated rings. The smallest absolute Gasteiger partial charge is 0.260 e. The van der Waals surface area contributed by atoms with Crippen LogP contribution in [0.15, 0.2) is 24.4 Å². The van der Waals surface area contributed by atoms with E-state index in [0.717, 1.165) is 5.69 Å². The molecule has 7 heteroatoms. The van der Waals surface area contributed by atoms with Gasteiger partial charge in [0.15, 0.2) is 0 Å². The molecule has 14 heavy (non-hydrogen) atoms. The molecule has 2 heterocycles. The van der Waals surface area contributed by atoms with E-state index in [1.54, 1.807) is 6.20 Å². The molecule has 0 amide bonds. The van der Waals surface area contributed by atoms with Crippen molar-refractivity contribution in [3.63, 3.8) is 0 Å². The van der Waals surface area contributed by atoms with Gasteiger partial charge in [-0.3, -0.25) is 10.4 Å². The van der Waals surface area contributed by atoms with E-state index in [0.29, 0.717) is 6.54 Å². The van der Waals surface area contributed by atoms with Crippen LogP contribution in [0, 0.1) is 0 Å². The van der Waals surface area contributed by atoms with Gasteiger partial charge in [-0.2, -0.15) is 0 Å². The lowest BCUT2D eigenvalue weighted by Crippen LogP contribution is -2.18. The molecule has 0 aliphatic heterocycles. The van der Waals surface area contributed by atoms with Gasteiger partial charge in [0.2, 0.25) is 0 Å². The second-order valence-corrected chi connectivity index (χ2v) is 2.60. The van der Waals surface area contributed by atoms with Crippen LogP contribution in [0.4, 0.5) is 5.95 Å². The minimum atomic E-state index is 0.223. The minimum absolute atomic E-state index is 0.223. The summed E-state index contributed by atoms with van der Waals surface area (Å²) in [6.07, 6.45) is 1.72. The molecule has 0 saturated carbocycles. The van der Waals surface area contributed by atoms with Gasteiger partial charge in [-0.1, -0.05) is 11.2 Å². The third-order valence-corrected chi connectivity index (χ3v) is 1.63. The Bertz CT molecular complexity index is 395. The zero-order valence-corrected chi connectivity index (χ0v) is 7.33. The third-order valence-electron chi connectivity index (χ3n) is 1.63. The van der Waals surface area contributed by atoms with Crippen molar-refractivity contribution in [1.82, 2.24) is 25.3 Å². The van der Waals surface area contributed by atoms with Gasteiger partial charge >= 0.3 is 0 Å². The van der Waals surface area contributed by atoms with Gasteiger partial charge in [-0.05, 0) is 22.6 Å². The first kappa shape index (κ1) is 8.42. The number of nitrogen functional groups attached to an aromatic ring is 1. The first-order valence-electron chi connectivity index (χ1n) is 4.04. The van der Waals surface area contributed by atoms with Crippen molar-refractivity contribution in [1.29, 1.82) is 0 Å². The number of rotatable bonds is 3. The summed E-state index contributed by atoms with van der Waals surface area (Å²) in [4.78, 5) is 5.42. The Kier molecular flexibility index (Phi) is 2.22. The predicted molar refractivity (Wildman–Crippen MR) is 49.5 cm³/mol. The number of nitrogens with zero attached hydrogens (tertiary/aromatic N) is 5. The summed E-state index contributed by atoms with van der Waals surface area (Å²) in [6.45, 7) is 0.524. The van der Waals surface area contributed by atoms with E-state index >= 15 is 0 Å². The summed E-state index contributed by atoms with van der Waals surface area (Å²) in [6, 6.07) is 5.66.